The molecule has 3 heterocycles. The summed E-state index contributed by atoms with van der Waals surface area (Å²) in [5.41, 5.74) is 7.18. The van der Waals surface area contributed by atoms with E-state index in [2.05, 4.69) is 25.5 Å². The van der Waals surface area contributed by atoms with E-state index in [1.165, 1.54) is 17.3 Å². The first-order valence-electron chi connectivity index (χ1n) is 10.4. The number of H-pyrrole nitrogens is 1. The molecular formula is C22H23ClFN7O. The van der Waals surface area contributed by atoms with E-state index in [4.69, 9.17) is 17.3 Å². The Kier molecular flexibility index (Phi) is 4.81. The lowest BCUT2D eigenvalue weighted by Gasteiger charge is -2.25. The van der Waals surface area contributed by atoms with Crippen LogP contribution in [-0.2, 0) is 5.41 Å². The van der Waals surface area contributed by atoms with Gasteiger partial charge in [0, 0.05) is 60.5 Å². The Balaban J connectivity index is 1.60. The van der Waals surface area contributed by atoms with Gasteiger partial charge in [-0.05, 0) is 31.4 Å². The molecule has 2 atom stereocenters. The average Bonchev–Trinajstić information content (AvgIpc) is 3.50. The van der Waals surface area contributed by atoms with Crippen molar-refractivity contribution in [3.05, 3.63) is 52.4 Å². The number of hydrogen-bond donors (Lipinski definition) is 3. The number of halogens is 2. The minimum atomic E-state index is -0.696. The summed E-state index contributed by atoms with van der Waals surface area (Å²) in [6.45, 7) is 0.706. The molecule has 1 fully saturated rings. The molecule has 32 heavy (non-hydrogen) atoms. The van der Waals surface area contributed by atoms with Crippen LogP contribution in [0.25, 0.3) is 11.1 Å². The Labute approximate surface area is 189 Å². The number of benzene rings is 1. The summed E-state index contributed by atoms with van der Waals surface area (Å²) >= 11 is 6.93. The van der Waals surface area contributed by atoms with Crippen LogP contribution in [0.2, 0.25) is 5.02 Å². The molecule has 3 aromatic rings. The fraction of sp³-hybridized carbons (Fsp3) is 0.364. The van der Waals surface area contributed by atoms with Crippen LogP contribution in [0.15, 0.2) is 24.7 Å². The molecule has 2 unspecified atom stereocenters. The van der Waals surface area contributed by atoms with Crippen LogP contribution < -0.4 is 11.1 Å². The minimum absolute atomic E-state index is 0.0824. The summed E-state index contributed by atoms with van der Waals surface area (Å²) in [5, 5.41) is 10.8. The second kappa shape index (κ2) is 7.44. The van der Waals surface area contributed by atoms with Gasteiger partial charge in [0.15, 0.2) is 0 Å². The van der Waals surface area contributed by atoms with Gasteiger partial charge in [-0.3, -0.25) is 9.89 Å². The van der Waals surface area contributed by atoms with Crippen LogP contribution in [0, 0.1) is 5.82 Å². The highest BCUT2D eigenvalue weighted by Gasteiger charge is 2.48. The number of rotatable bonds is 3. The van der Waals surface area contributed by atoms with Crippen molar-refractivity contribution in [2.24, 2.45) is 0 Å². The van der Waals surface area contributed by atoms with Gasteiger partial charge >= 0.3 is 0 Å². The first-order chi connectivity index (χ1) is 15.3. The number of carbonyl (C=O) groups is 1. The van der Waals surface area contributed by atoms with E-state index in [-0.39, 0.29) is 28.1 Å². The molecule has 1 spiro atoms. The zero-order valence-corrected chi connectivity index (χ0v) is 18.5. The molecule has 1 aliphatic carbocycles. The maximum absolute atomic E-state index is 15.5. The molecule has 1 aliphatic heterocycles. The van der Waals surface area contributed by atoms with Gasteiger partial charge in [-0.1, -0.05) is 11.6 Å². The van der Waals surface area contributed by atoms with Crippen molar-refractivity contribution in [1.29, 1.82) is 0 Å². The zero-order valence-electron chi connectivity index (χ0n) is 17.7. The molecule has 2 aromatic heterocycles. The topological polar surface area (TPSA) is 113 Å². The minimum Gasteiger partial charge on any atom is -0.398 e. The van der Waals surface area contributed by atoms with Crippen LogP contribution in [0.1, 0.15) is 46.9 Å². The van der Waals surface area contributed by atoms with Crippen molar-refractivity contribution in [3.8, 4) is 11.1 Å². The van der Waals surface area contributed by atoms with E-state index in [0.29, 0.717) is 17.1 Å². The van der Waals surface area contributed by atoms with Gasteiger partial charge in [0.1, 0.15) is 23.8 Å². The SMILES string of the molecule is CN(C)C(=O)c1c(N)ccc(-c2cnc3c(c2Cl)C2(CCC(c4ncn[nH]4)C2)CN3)c1F. The third kappa shape index (κ3) is 3.02. The van der Waals surface area contributed by atoms with Crippen LogP contribution >= 0.6 is 11.6 Å². The zero-order chi connectivity index (χ0) is 22.6. The molecule has 10 heteroatoms. The van der Waals surface area contributed by atoms with Gasteiger partial charge in [0.2, 0.25) is 0 Å². The summed E-state index contributed by atoms with van der Waals surface area (Å²) in [6.07, 6.45) is 5.74. The van der Waals surface area contributed by atoms with Crippen LogP contribution in [0.5, 0.6) is 0 Å². The van der Waals surface area contributed by atoms with Crippen LogP contribution in [0.3, 0.4) is 0 Å². The van der Waals surface area contributed by atoms with Crippen molar-refractivity contribution in [2.75, 3.05) is 31.7 Å². The number of anilines is 2. The summed E-state index contributed by atoms with van der Waals surface area (Å²) in [6, 6.07) is 3.08. The van der Waals surface area contributed by atoms with Crippen molar-refractivity contribution in [1.82, 2.24) is 25.1 Å². The number of aromatic amines is 1. The second-order valence-corrected chi connectivity index (χ2v) is 9.12. The number of fused-ring (bicyclic) bond motifs is 2. The van der Waals surface area contributed by atoms with Gasteiger partial charge < -0.3 is 16.0 Å². The highest BCUT2D eigenvalue weighted by atomic mass is 35.5. The monoisotopic (exact) mass is 455 g/mol. The average molecular weight is 456 g/mol. The molecule has 0 radical (unpaired) electrons. The van der Waals surface area contributed by atoms with Gasteiger partial charge in [-0.25, -0.2) is 14.4 Å². The van der Waals surface area contributed by atoms with Gasteiger partial charge in [0.25, 0.3) is 5.91 Å². The Morgan fingerprint density at radius 3 is 2.84 bits per heavy atom. The van der Waals surface area contributed by atoms with E-state index < -0.39 is 11.7 Å². The number of nitrogens with zero attached hydrogens (tertiary/aromatic N) is 4. The molecule has 1 saturated carbocycles. The molecule has 2 aliphatic rings. The smallest absolute Gasteiger partial charge is 0.258 e. The molecule has 1 aromatic carbocycles. The summed E-state index contributed by atoms with van der Waals surface area (Å²) in [5.74, 6) is 0.626. The van der Waals surface area contributed by atoms with E-state index in [9.17, 15) is 4.79 Å². The normalized spacial score (nSPS) is 21.6. The molecular weight excluding hydrogens is 433 g/mol. The summed E-state index contributed by atoms with van der Waals surface area (Å²) < 4.78 is 15.5. The summed E-state index contributed by atoms with van der Waals surface area (Å²) in [7, 11) is 3.11. The molecule has 5 rings (SSSR count). The molecule has 8 nitrogen and oxygen atoms in total. The van der Waals surface area contributed by atoms with E-state index in [1.807, 2.05) is 0 Å². The third-order valence-electron chi connectivity index (χ3n) is 6.65. The lowest BCUT2D eigenvalue weighted by atomic mass is 9.79. The predicted octanol–water partition coefficient (Wildman–Crippen LogP) is 3.57. The van der Waals surface area contributed by atoms with Gasteiger partial charge in [-0.2, -0.15) is 5.10 Å². The number of aromatic nitrogens is 4. The van der Waals surface area contributed by atoms with E-state index in [1.54, 1.807) is 26.4 Å². The Morgan fingerprint density at radius 1 is 1.31 bits per heavy atom. The first kappa shape index (κ1) is 20.7. The number of amides is 1. The highest BCUT2D eigenvalue weighted by Crippen LogP contribution is 2.55. The molecule has 1 amide bonds. The van der Waals surface area contributed by atoms with Crippen molar-refractivity contribution in [2.45, 2.75) is 30.6 Å². The predicted molar refractivity (Wildman–Crippen MR) is 120 cm³/mol. The second-order valence-electron chi connectivity index (χ2n) is 8.74. The van der Waals surface area contributed by atoms with Crippen LogP contribution in [-0.4, -0.2) is 51.6 Å². The third-order valence-corrected chi connectivity index (χ3v) is 7.05. The molecule has 4 N–H and O–H groups in total. The largest absolute Gasteiger partial charge is 0.398 e. The molecule has 166 valence electrons. The number of carbonyl (C=O) groups excluding carboxylic acids is 1. The Morgan fingerprint density at radius 2 is 2.12 bits per heavy atom. The number of nitrogens with two attached hydrogens (primary N) is 1. The number of nitrogen functional groups attached to an aromatic ring is 1. The lowest BCUT2D eigenvalue weighted by Crippen LogP contribution is -2.25. The fourth-order valence-electron chi connectivity index (χ4n) is 5.03. The maximum Gasteiger partial charge on any atom is 0.258 e. The van der Waals surface area contributed by atoms with Gasteiger partial charge in [-0.15, -0.1) is 0 Å². The summed E-state index contributed by atoms with van der Waals surface area (Å²) in [4.78, 5) is 22.7. The van der Waals surface area contributed by atoms with E-state index in [0.717, 1.165) is 36.5 Å². The highest BCUT2D eigenvalue weighted by molar-refractivity contribution is 6.34. The van der Waals surface area contributed by atoms with E-state index >= 15 is 4.39 Å². The van der Waals surface area contributed by atoms with Crippen molar-refractivity contribution in [3.63, 3.8) is 0 Å². The lowest BCUT2D eigenvalue weighted by molar-refractivity contribution is 0.0824. The van der Waals surface area contributed by atoms with Crippen molar-refractivity contribution >= 4 is 29.0 Å². The maximum atomic E-state index is 15.5. The Bertz CT molecular complexity index is 1210. The standard InChI is InChI=1S/C22H23ClFN7O/c1-31(2)21(32)15-14(25)4-3-12(18(15)24)13-8-26-20-16(17(13)23)22(9-27-20)6-5-11(7-22)19-28-10-29-30-19/h3-4,8,10-11H,5-7,9,25H2,1-2H3,(H,26,27)(H,28,29,30). The number of nitrogens with one attached hydrogen (secondary N) is 2. The van der Waals surface area contributed by atoms with Crippen LogP contribution in [0.4, 0.5) is 15.9 Å². The van der Waals surface area contributed by atoms with Crippen molar-refractivity contribution < 1.29 is 9.18 Å². The number of pyridine rings is 1. The van der Waals surface area contributed by atoms with Gasteiger partial charge in [0.05, 0.1) is 10.6 Å². The quantitative estimate of drug-likeness (QED) is 0.520. The molecule has 0 bridgehead atoms. The molecule has 0 saturated heterocycles. The first-order valence-corrected chi connectivity index (χ1v) is 10.8. The Hall–Kier alpha value is -3.20. The number of hydrogen-bond acceptors (Lipinski definition) is 6. The fourth-order valence-corrected chi connectivity index (χ4v) is 5.48.